The van der Waals surface area contributed by atoms with Gasteiger partial charge in [0.15, 0.2) is 5.60 Å². The first-order valence-corrected chi connectivity index (χ1v) is 17.3. The predicted octanol–water partition coefficient (Wildman–Crippen LogP) is 7.47. The van der Waals surface area contributed by atoms with Crippen LogP contribution in [0.25, 0.3) is 11.1 Å². The number of nitrogens with zero attached hydrogens (tertiary/aromatic N) is 3. The Kier molecular flexibility index (Phi) is 6.62. The van der Waals surface area contributed by atoms with Crippen molar-refractivity contribution in [2.24, 2.45) is 15.0 Å². The highest BCUT2D eigenvalue weighted by molar-refractivity contribution is 6.25. The van der Waals surface area contributed by atoms with E-state index in [2.05, 4.69) is 40.6 Å². The molecule has 8 bridgehead atoms. The summed E-state index contributed by atoms with van der Waals surface area (Å²) >= 11 is 0. The van der Waals surface area contributed by atoms with Gasteiger partial charge in [0.25, 0.3) is 5.91 Å². The van der Waals surface area contributed by atoms with Crippen molar-refractivity contribution in [1.29, 1.82) is 0 Å². The smallest absolute Gasteiger partial charge is 0.252 e. The summed E-state index contributed by atoms with van der Waals surface area (Å²) in [6.45, 7) is 0. The number of aliphatic imine (C=N–C) groups is 3. The van der Waals surface area contributed by atoms with E-state index in [-0.39, 0.29) is 5.91 Å². The van der Waals surface area contributed by atoms with E-state index in [1.807, 2.05) is 134 Å². The van der Waals surface area contributed by atoms with Crippen LogP contribution < -0.4 is 5.32 Å². The Bertz CT molecular complexity index is 2570. The molecule has 248 valence electrons. The number of hydrogen-bond acceptors (Lipinski definition) is 5. The lowest BCUT2D eigenvalue weighted by atomic mass is 9.83. The quantitative estimate of drug-likeness (QED) is 0.185. The van der Waals surface area contributed by atoms with Crippen LogP contribution in [-0.2, 0) is 11.1 Å². The molecule has 1 amide bonds. The van der Waals surface area contributed by atoms with E-state index in [9.17, 15) is 9.90 Å². The SMILES string of the molecule is O=C1NC2(C3=NC(C=C3)/C(c3ccccc3)=C3/C=CC(=N3)C(O)(c3ccccc3)C3=N/C(=C(/c4ccccc4)c4ccc2[nH]4)C=C3)c2ccccc21. The highest BCUT2D eigenvalue weighted by Gasteiger charge is 2.50. The van der Waals surface area contributed by atoms with Crippen LogP contribution in [0.1, 0.15) is 44.0 Å². The van der Waals surface area contributed by atoms with Crippen LogP contribution in [0, 0.1) is 0 Å². The molecule has 4 aromatic carbocycles. The van der Waals surface area contributed by atoms with E-state index >= 15 is 0 Å². The summed E-state index contributed by atoms with van der Waals surface area (Å²) in [5.74, 6) is -0.162. The van der Waals surface area contributed by atoms with Crippen molar-refractivity contribution in [3.63, 3.8) is 0 Å². The average Bonchev–Trinajstić information content (AvgIpc) is 4.05. The van der Waals surface area contributed by atoms with E-state index in [1.54, 1.807) is 0 Å². The van der Waals surface area contributed by atoms with Crippen LogP contribution in [0.4, 0.5) is 0 Å². The zero-order chi connectivity index (χ0) is 34.9. The lowest BCUT2D eigenvalue weighted by Gasteiger charge is -2.30. The summed E-state index contributed by atoms with van der Waals surface area (Å²) < 4.78 is 0. The third-order valence-corrected chi connectivity index (χ3v) is 10.5. The molecule has 3 atom stereocenters. The van der Waals surface area contributed by atoms with Crippen LogP contribution in [-0.4, -0.2) is 39.2 Å². The van der Waals surface area contributed by atoms with E-state index in [0.29, 0.717) is 39.7 Å². The van der Waals surface area contributed by atoms with E-state index in [1.165, 1.54) is 0 Å². The van der Waals surface area contributed by atoms with Gasteiger partial charge in [-0.3, -0.25) is 9.79 Å². The van der Waals surface area contributed by atoms with Gasteiger partial charge in [-0.25, -0.2) is 9.98 Å². The minimum atomic E-state index is -1.65. The molecule has 1 aromatic heterocycles. The fraction of sp³-hybridized carbons (Fsp3) is 0.0667. The third-order valence-electron chi connectivity index (χ3n) is 10.5. The van der Waals surface area contributed by atoms with Gasteiger partial charge in [-0.1, -0.05) is 115 Å². The molecule has 52 heavy (non-hydrogen) atoms. The molecule has 3 N–H and O–H groups in total. The standard InChI is InChI=1S/C45H31N5O2/c51-43-31-18-10-11-19-32(31)44(50-43)37-24-20-33(46-37)41(28-12-4-1-5-13-28)35-22-26-39(48-35)45(52,30-16-8-3-9-17-30)40-27-23-36(49-40)42(29-14-6-2-7-15-29)34-21-25-38(44)47-34/h1-27,33,47,52H,(H,50,51)/b41-35-,42-36-. The second-order valence-electron chi connectivity index (χ2n) is 13.4. The molecule has 0 aliphatic carbocycles. The number of H-pyrrole nitrogens is 1. The van der Waals surface area contributed by atoms with Crippen molar-refractivity contribution >= 4 is 34.2 Å². The maximum atomic E-state index is 13.7. The molecular weight excluding hydrogens is 643 g/mol. The van der Waals surface area contributed by atoms with Crippen LogP contribution in [0.2, 0.25) is 0 Å². The molecule has 0 radical (unpaired) electrons. The van der Waals surface area contributed by atoms with Crippen molar-refractivity contribution in [3.05, 3.63) is 214 Å². The van der Waals surface area contributed by atoms with Crippen molar-refractivity contribution in [1.82, 2.24) is 10.3 Å². The van der Waals surface area contributed by atoms with Crippen LogP contribution in [0.3, 0.4) is 0 Å². The second kappa shape index (κ2) is 11.4. The normalized spacial score (nSPS) is 26.8. The number of hydrogen-bond donors (Lipinski definition) is 3. The Balaban J connectivity index is 1.30. The van der Waals surface area contributed by atoms with Gasteiger partial charge in [0.05, 0.1) is 40.3 Å². The number of benzene rings is 4. The molecule has 5 aliphatic heterocycles. The first kappa shape index (κ1) is 30.2. The Morgan fingerprint density at radius 3 is 2.00 bits per heavy atom. The van der Waals surface area contributed by atoms with Crippen molar-refractivity contribution in [2.45, 2.75) is 17.2 Å². The van der Waals surface area contributed by atoms with Gasteiger partial charge in [-0.05, 0) is 65.3 Å². The fourth-order valence-corrected chi connectivity index (χ4v) is 8.08. The van der Waals surface area contributed by atoms with Crippen molar-refractivity contribution in [2.75, 3.05) is 0 Å². The Labute approximate surface area is 300 Å². The van der Waals surface area contributed by atoms with Gasteiger partial charge < -0.3 is 15.4 Å². The molecule has 7 heteroatoms. The van der Waals surface area contributed by atoms with Crippen molar-refractivity contribution < 1.29 is 9.90 Å². The van der Waals surface area contributed by atoms with Crippen LogP contribution >= 0.6 is 0 Å². The number of aromatic amines is 1. The number of nitrogens with one attached hydrogen (secondary N) is 2. The zero-order valence-corrected chi connectivity index (χ0v) is 27.9. The molecule has 5 aliphatic rings. The van der Waals surface area contributed by atoms with Crippen molar-refractivity contribution in [3.8, 4) is 0 Å². The van der Waals surface area contributed by atoms with Gasteiger partial charge in [-0.15, -0.1) is 0 Å². The predicted molar refractivity (Wildman–Crippen MR) is 205 cm³/mol. The molecule has 3 unspecified atom stereocenters. The summed E-state index contributed by atoms with van der Waals surface area (Å²) in [6, 6.07) is 41.1. The Hall–Kier alpha value is -6.70. The lowest BCUT2D eigenvalue weighted by molar-refractivity contribution is 0.0952. The van der Waals surface area contributed by atoms with Crippen LogP contribution in [0.15, 0.2) is 190 Å². The van der Waals surface area contributed by atoms with Gasteiger partial charge >= 0.3 is 0 Å². The Morgan fingerprint density at radius 1 is 0.615 bits per heavy atom. The highest BCUT2D eigenvalue weighted by atomic mass is 16.3. The maximum absolute atomic E-state index is 13.7. The van der Waals surface area contributed by atoms with E-state index in [0.717, 1.165) is 39.2 Å². The van der Waals surface area contributed by atoms with E-state index in [4.69, 9.17) is 15.0 Å². The molecule has 7 nitrogen and oxygen atoms in total. The first-order valence-electron chi connectivity index (χ1n) is 17.3. The third kappa shape index (κ3) is 4.36. The first-order chi connectivity index (χ1) is 25.5. The number of rotatable bonds is 3. The number of carbonyl (C=O) groups is 1. The summed E-state index contributed by atoms with van der Waals surface area (Å²) in [7, 11) is 0. The maximum Gasteiger partial charge on any atom is 0.252 e. The van der Waals surface area contributed by atoms with E-state index < -0.39 is 17.2 Å². The van der Waals surface area contributed by atoms with Gasteiger partial charge in [0.1, 0.15) is 5.54 Å². The minimum Gasteiger partial charge on any atom is -0.373 e. The summed E-state index contributed by atoms with van der Waals surface area (Å²) in [6.07, 6.45) is 11.8. The summed E-state index contributed by atoms with van der Waals surface area (Å²) in [4.78, 5) is 33.3. The number of carbonyl (C=O) groups excluding carboxylic acids is 1. The fourth-order valence-electron chi connectivity index (χ4n) is 8.08. The second-order valence-corrected chi connectivity index (χ2v) is 13.4. The topological polar surface area (TPSA) is 102 Å². The molecule has 5 aromatic rings. The zero-order valence-electron chi connectivity index (χ0n) is 27.9. The molecule has 6 heterocycles. The number of amides is 1. The largest absolute Gasteiger partial charge is 0.373 e. The molecule has 0 fully saturated rings. The number of aromatic nitrogens is 1. The molecule has 10 rings (SSSR count). The molecule has 0 saturated heterocycles. The lowest BCUT2D eigenvalue weighted by Crippen LogP contribution is -2.47. The summed E-state index contributed by atoms with van der Waals surface area (Å²) in [5.41, 5.74) is 7.58. The molecular formula is C45H31N5O2. The monoisotopic (exact) mass is 673 g/mol. The van der Waals surface area contributed by atoms with Crippen LogP contribution in [0.5, 0.6) is 0 Å². The summed E-state index contributed by atoms with van der Waals surface area (Å²) in [5, 5.41) is 16.3. The Morgan fingerprint density at radius 2 is 1.25 bits per heavy atom. The highest BCUT2D eigenvalue weighted by Crippen LogP contribution is 2.44. The molecule has 1 spiro atoms. The average molecular weight is 674 g/mol. The number of aliphatic hydroxyl groups is 1. The number of allylic oxidation sites excluding steroid dienone is 2. The van der Waals surface area contributed by atoms with Gasteiger partial charge in [0, 0.05) is 28.0 Å². The number of fused-ring (bicyclic) bond motifs is 9. The molecule has 0 saturated carbocycles. The minimum absolute atomic E-state index is 0.162. The van der Waals surface area contributed by atoms with Gasteiger partial charge in [-0.2, -0.15) is 0 Å². The van der Waals surface area contributed by atoms with Gasteiger partial charge in [0.2, 0.25) is 0 Å².